The van der Waals surface area contributed by atoms with Crippen LogP contribution in [0.5, 0.6) is 0 Å². The third-order valence-corrected chi connectivity index (χ3v) is 3.75. The molecule has 1 atom stereocenters. The van der Waals surface area contributed by atoms with E-state index < -0.39 is 0 Å². The second-order valence-corrected chi connectivity index (χ2v) is 4.40. The molecule has 2 aromatic rings. The normalized spacial score (nSPS) is 9.86. The van der Waals surface area contributed by atoms with Gasteiger partial charge in [-0.25, -0.2) is 0 Å². The molecule has 0 fully saturated rings. The van der Waals surface area contributed by atoms with Crippen LogP contribution in [0.2, 0.25) is 0 Å². The molecule has 0 saturated heterocycles. The molecular formula is C8H6IN3PRb. The molecule has 1 aromatic heterocycles. The van der Waals surface area contributed by atoms with E-state index in [2.05, 4.69) is 41.8 Å². The van der Waals surface area contributed by atoms with Crippen molar-refractivity contribution in [2.75, 3.05) is 0 Å². The predicted molar refractivity (Wildman–Crippen MR) is 65.6 cm³/mol. The van der Waals surface area contributed by atoms with Crippen LogP contribution in [0.1, 0.15) is 0 Å². The van der Waals surface area contributed by atoms with Gasteiger partial charge in [-0.05, 0) is 45.4 Å². The number of halogens is 1. The van der Waals surface area contributed by atoms with Crippen molar-refractivity contribution in [3.8, 4) is 0 Å². The van der Waals surface area contributed by atoms with Gasteiger partial charge in [-0.15, -0.1) is 9.24 Å². The van der Waals surface area contributed by atoms with Gasteiger partial charge in [-0.3, -0.25) is 4.98 Å². The van der Waals surface area contributed by atoms with E-state index in [-0.39, 0.29) is 64.0 Å². The van der Waals surface area contributed by atoms with Crippen LogP contribution < -0.4 is 63.5 Å². The van der Waals surface area contributed by atoms with Crippen molar-refractivity contribution in [1.82, 2.24) is 9.97 Å². The van der Waals surface area contributed by atoms with Crippen LogP contribution in [0.3, 0.4) is 0 Å². The number of nitrogens with zero attached hydrogens (tertiary/aromatic N) is 2. The molecule has 6 heteroatoms. The molecule has 0 bridgehead atoms. The zero-order chi connectivity index (χ0) is 9.42. The minimum absolute atomic E-state index is 0. The van der Waals surface area contributed by atoms with Crippen molar-refractivity contribution >= 4 is 53.9 Å². The average Bonchev–Trinajstić information content (AvgIpc) is 2.09. The minimum Gasteiger partial charge on any atom is -0.481 e. The van der Waals surface area contributed by atoms with Crippen molar-refractivity contribution in [3.05, 3.63) is 27.8 Å². The third-order valence-electron chi connectivity index (χ3n) is 1.75. The molecule has 0 radical (unpaired) electrons. The first-order valence-corrected chi connectivity index (χ1v) is 5.25. The molecule has 0 spiro atoms. The Morgan fingerprint density at radius 2 is 2.00 bits per heavy atom. The van der Waals surface area contributed by atoms with E-state index in [1.807, 2.05) is 12.1 Å². The van der Waals surface area contributed by atoms with E-state index in [4.69, 9.17) is 5.73 Å². The van der Waals surface area contributed by atoms with Gasteiger partial charge in [0.25, 0.3) is 0 Å². The summed E-state index contributed by atoms with van der Waals surface area (Å²) in [5.41, 5.74) is 8.40. The molecule has 1 aromatic carbocycles. The second-order valence-electron chi connectivity index (χ2n) is 2.61. The molecule has 0 amide bonds. The summed E-state index contributed by atoms with van der Waals surface area (Å²) in [5.74, 6) is 0.283. The third kappa shape index (κ3) is 2.71. The van der Waals surface area contributed by atoms with Gasteiger partial charge < -0.3 is 10.7 Å². The van der Waals surface area contributed by atoms with Gasteiger partial charge in [0.1, 0.15) is 0 Å². The van der Waals surface area contributed by atoms with Crippen LogP contribution in [0.25, 0.3) is 16.6 Å². The van der Waals surface area contributed by atoms with Crippen molar-refractivity contribution in [2.45, 2.75) is 0 Å². The Bertz CT molecular complexity index is 477. The average molecular weight is 388 g/mol. The number of hydrogen-bond donors (Lipinski definition) is 0. The molecule has 0 aliphatic heterocycles. The van der Waals surface area contributed by atoms with Gasteiger partial charge in [0.15, 0.2) is 0 Å². The Hall–Kier alpha value is 1.33. The second kappa shape index (κ2) is 5.59. The van der Waals surface area contributed by atoms with E-state index in [9.17, 15) is 0 Å². The summed E-state index contributed by atoms with van der Waals surface area (Å²) >= 11 is 2.24. The van der Waals surface area contributed by atoms with E-state index >= 15 is 0 Å². The first kappa shape index (κ1) is 13.4. The number of nitrogens with one attached hydrogen (secondary N) is 1. The number of benzene rings is 1. The van der Waals surface area contributed by atoms with Gasteiger partial charge in [0.2, 0.25) is 0 Å². The minimum atomic E-state index is 0. The van der Waals surface area contributed by atoms with Crippen LogP contribution in [0.4, 0.5) is 5.82 Å². The summed E-state index contributed by atoms with van der Waals surface area (Å²) in [6.07, 6.45) is 1.42. The Kier molecular flexibility index (Phi) is 5.35. The Morgan fingerprint density at radius 1 is 1.29 bits per heavy atom. The fourth-order valence-corrected chi connectivity index (χ4v) is 1.80. The van der Waals surface area contributed by atoms with Gasteiger partial charge in [0.05, 0.1) is 5.52 Å². The van der Waals surface area contributed by atoms with Gasteiger partial charge >= 0.3 is 58.2 Å². The maximum Gasteiger partial charge on any atom is 1.00 e. The maximum absolute atomic E-state index is 7.57. The van der Waals surface area contributed by atoms with E-state index in [1.165, 1.54) is 6.33 Å². The summed E-state index contributed by atoms with van der Waals surface area (Å²) in [5, 5.41) is 1.88. The molecule has 1 heterocycles. The summed E-state index contributed by atoms with van der Waals surface area (Å²) < 4.78 is 1.13. The topological polar surface area (TPSA) is 49.6 Å². The number of rotatable bonds is 0. The molecule has 0 saturated carbocycles. The van der Waals surface area contributed by atoms with Crippen LogP contribution in [-0.2, 0) is 0 Å². The molecule has 2 rings (SSSR count). The quantitative estimate of drug-likeness (QED) is 0.449. The summed E-state index contributed by atoms with van der Waals surface area (Å²) in [6.45, 7) is 0. The molecule has 0 aliphatic carbocycles. The molecule has 66 valence electrons. The van der Waals surface area contributed by atoms with Crippen LogP contribution in [-0.4, -0.2) is 9.97 Å². The monoisotopic (exact) mass is 387 g/mol. The SMILES string of the molecule is [NH-]c1ncnc2cc(I)c(P)cc12.[Rb+]. The van der Waals surface area contributed by atoms with Crippen molar-refractivity contribution < 1.29 is 58.2 Å². The first-order chi connectivity index (χ1) is 6.18. The first-order valence-electron chi connectivity index (χ1n) is 3.60. The Balaban J connectivity index is 0.000000980. The van der Waals surface area contributed by atoms with Crippen molar-refractivity contribution in [3.63, 3.8) is 0 Å². The number of fused-ring (bicyclic) bond motifs is 1. The Labute approximate surface area is 147 Å². The zero-order valence-corrected chi connectivity index (χ0v) is 15.8. The van der Waals surface area contributed by atoms with E-state index in [0.29, 0.717) is 0 Å². The molecule has 1 unspecified atom stereocenters. The van der Waals surface area contributed by atoms with E-state index in [0.717, 1.165) is 19.8 Å². The Morgan fingerprint density at radius 3 is 2.71 bits per heavy atom. The van der Waals surface area contributed by atoms with Crippen LogP contribution >= 0.6 is 31.8 Å². The van der Waals surface area contributed by atoms with Gasteiger partial charge in [-0.1, -0.05) is 5.82 Å². The molecule has 1 N–H and O–H groups in total. The number of hydrogen-bond acceptors (Lipinski definition) is 2. The predicted octanol–water partition coefficient (Wildman–Crippen LogP) is -0.578. The summed E-state index contributed by atoms with van der Waals surface area (Å²) in [4.78, 5) is 7.92. The van der Waals surface area contributed by atoms with Crippen molar-refractivity contribution in [2.24, 2.45) is 0 Å². The van der Waals surface area contributed by atoms with Gasteiger partial charge in [-0.2, -0.15) is 0 Å². The van der Waals surface area contributed by atoms with Crippen molar-refractivity contribution in [1.29, 1.82) is 0 Å². The largest absolute Gasteiger partial charge is 1.00 e. The fourth-order valence-electron chi connectivity index (χ4n) is 1.09. The molecule has 0 aliphatic rings. The molecule has 14 heavy (non-hydrogen) atoms. The smallest absolute Gasteiger partial charge is 0.481 e. The zero-order valence-electron chi connectivity index (χ0n) is 7.58. The van der Waals surface area contributed by atoms with Crippen LogP contribution in [0, 0.1) is 3.57 Å². The summed E-state index contributed by atoms with van der Waals surface area (Å²) in [6, 6.07) is 3.88. The standard InChI is InChI=1S/C8H6IN3P.Rb/c9-5-2-6-4(1-7(5)13)8(10)12-3-11-6;/h1-3H,13H2,(H-,10,11,12);/q-1;+1. The van der Waals surface area contributed by atoms with Crippen LogP contribution in [0.15, 0.2) is 18.5 Å². The maximum atomic E-state index is 7.57. The molecular weight excluding hydrogens is 381 g/mol. The summed E-state index contributed by atoms with van der Waals surface area (Å²) in [7, 11) is 2.64. The number of aromatic nitrogens is 2. The fraction of sp³-hybridized carbons (Fsp3) is 0. The molecule has 3 nitrogen and oxygen atoms in total. The van der Waals surface area contributed by atoms with E-state index in [1.54, 1.807) is 0 Å². The van der Waals surface area contributed by atoms with Gasteiger partial charge in [0, 0.05) is 9.90 Å².